The highest BCUT2D eigenvalue weighted by molar-refractivity contribution is 7.90. The van der Waals surface area contributed by atoms with Gasteiger partial charge in [-0.2, -0.15) is 12.7 Å². The molecule has 17 nitrogen and oxygen atoms in total. The van der Waals surface area contributed by atoms with Gasteiger partial charge in [-0.05, 0) is 55.2 Å². The highest BCUT2D eigenvalue weighted by Gasteiger charge is 2.38. The van der Waals surface area contributed by atoms with Gasteiger partial charge in [-0.3, -0.25) is 29.2 Å². The number of nitrogens with one attached hydrogen (secondary N) is 3. The van der Waals surface area contributed by atoms with Crippen molar-refractivity contribution in [2.24, 2.45) is 0 Å². The van der Waals surface area contributed by atoms with E-state index in [1.54, 1.807) is 42.4 Å². The van der Waals surface area contributed by atoms with Gasteiger partial charge in [-0.1, -0.05) is 13.0 Å². The summed E-state index contributed by atoms with van der Waals surface area (Å²) in [7, 11) is -2.89. The van der Waals surface area contributed by atoms with E-state index in [1.165, 1.54) is 25.5 Å². The molecule has 6 heterocycles. The Bertz CT molecular complexity index is 2760. The monoisotopic (exact) mass is 902 g/mol. The van der Waals surface area contributed by atoms with Crippen molar-refractivity contribution < 1.29 is 45.9 Å². The second-order valence-electron chi connectivity index (χ2n) is 16.2. The first-order valence-corrected chi connectivity index (χ1v) is 22.2. The highest BCUT2D eigenvalue weighted by atomic mass is 32.2. The quantitative estimate of drug-likeness (QED) is 0.104. The average molecular weight is 903 g/mol. The van der Waals surface area contributed by atoms with Crippen molar-refractivity contribution >= 4 is 62.1 Å². The van der Waals surface area contributed by atoms with Gasteiger partial charge in [0.15, 0.2) is 5.82 Å². The lowest BCUT2D eigenvalue weighted by molar-refractivity contribution is -0.138. The number of aliphatic hydroxyl groups is 1. The van der Waals surface area contributed by atoms with E-state index in [9.17, 15) is 32.7 Å². The van der Waals surface area contributed by atoms with Crippen LogP contribution < -0.4 is 19.8 Å². The fraction of sp³-hybridized carbons (Fsp3) is 0.372. The Hall–Kier alpha value is -6.45. The summed E-state index contributed by atoms with van der Waals surface area (Å²) in [6.07, 6.45) is 6.87. The van der Waals surface area contributed by atoms with Crippen molar-refractivity contribution in [2.75, 3.05) is 67.4 Å². The number of aromatic nitrogens is 4. The summed E-state index contributed by atoms with van der Waals surface area (Å²) in [5.41, 5.74) is -0.738. The second kappa shape index (κ2) is 17.6. The molecule has 3 aliphatic rings. The predicted octanol–water partition coefficient (Wildman–Crippen LogP) is 3.87. The zero-order valence-electron chi connectivity index (χ0n) is 34.9. The van der Waals surface area contributed by atoms with Crippen molar-refractivity contribution in [3.63, 3.8) is 0 Å². The summed E-state index contributed by atoms with van der Waals surface area (Å²) in [6, 6.07) is 7.95. The number of H-pyrrole nitrogens is 1. The maximum absolute atomic E-state index is 15.6. The number of imide groups is 1. The summed E-state index contributed by atoms with van der Waals surface area (Å²) in [5.74, 6) is -5.23. The lowest BCUT2D eigenvalue weighted by Crippen LogP contribution is -2.52. The molecule has 3 aliphatic heterocycles. The number of hydrogen-bond donors (Lipinski definition) is 4. The zero-order valence-corrected chi connectivity index (χ0v) is 35.7. The summed E-state index contributed by atoms with van der Waals surface area (Å²) < 4.78 is 74.0. The highest BCUT2D eigenvalue weighted by Crippen LogP contribution is 2.34. The number of piperazine rings is 1. The lowest BCUT2D eigenvalue weighted by Gasteiger charge is -2.41. The molecule has 3 fully saturated rings. The number of carbonyl (C=O) groups excluding carboxylic acids is 4. The van der Waals surface area contributed by atoms with E-state index in [4.69, 9.17) is 0 Å². The van der Waals surface area contributed by atoms with Crippen LogP contribution in [-0.2, 0) is 24.6 Å². The molecular formula is C43H45F3N10O7S. The molecule has 21 heteroatoms. The molecule has 0 bridgehead atoms. The second-order valence-corrected chi connectivity index (χ2v) is 18.0. The number of halogens is 3. The minimum Gasteiger partial charge on any atom is -0.389 e. The molecule has 3 aromatic heterocycles. The van der Waals surface area contributed by atoms with Crippen LogP contribution in [0, 0.1) is 17.5 Å². The normalized spacial score (nSPS) is 18.1. The standard InChI is InChI=1S/C43H45F3N10O7S/c1-3-53(2)64(62,63)52-33-7-6-31(44)37(38(33)46)39(59)30-24-48-40-29(30)18-26(21-47-40)27-22-49-42(50-23-27)56-16-14-55(15-17-56)36(58)20-43(61)10-12-54(13-11-43)34-8-4-25(19-32(34)45)28-5-9-35(57)51-41(28)60/h4,6-8,18-19,21-24,28,52,61H,3,5,9-17,20H2,1-2H3,(H,47,48)(H,51,57,60)/t28-/m1/s1. The lowest BCUT2D eigenvalue weighted by atomic mass is 9.87. The van der Waals surface area contributed by atoms with Crippen molar-refractivity contribution in [3.8, 4) is 11.1 Å². The van der Waals surface area contributed by atoms with Gasteiger partial charge in [0.25, 0.3) is 0 Å². The number of nitrogens with zero attached hydrogens (tertiary/aromatic N) is 7. The van der Waals surface area contributed by atoms with Crippen LogP contribution in [0.5, 0.6) is 0 Å². The molecule has 336 valence electrons. The Kier molecular flexibility index (Phi) is 12.2. The summed E-state index contributed by atoms with van der Waals surface area (Å²) in [5, 5.41) is 14.0. The maximum Gasteiger partial charge on any atom is 0.301 e. The molecule has 4 N–H and O–H groups in total. The van der Waals surface area contributed by atoms with Gasteiger partial charge in [0.2, 0.25) is 29.5 Å². The Morgan fingerprint density at radius 2 is 1.62 bits per heavy atom. The topological polar surface area (TPSA) is 214 Å². The summed E-state index contributed by atoms with van der Waals surface area (Å²) >= 11 is 0. The van der Waals surface area contributed by atoms with Crippen LogP contribution in [0.25, 0.3) is 22.2 Å². The SMILES string of the molecule is CCN(C)S(=O)(=O)Nc1ccc(F)c(C(=O)c2c[nH]c3ncc(-c4cnc(N5CCN(C(=O)CC6(O)CCN(c7ccc([C@H]8CCC(=O)NC8=O)cc7F)CC6)CC5)nc4)cc23)c1F. The molecule has 3 saturated heterocycles. The minimum atomic E-state index is -4.17. The van der Waals surface area contributed by atoms with E-state index in [0.717, 1.165) is 16.4 Å². The van der Waals surface area contributed by atoms with Gasteiger partial charge >= 0.3 is 10.2 Å². The number of anilines is 3. The van der Waals surface area contributed by atoms with Crippen LogP contribution in [0.15, 0.2) is 61.2 Å². The van der Waals surface area contributed by atoms with E-state index in [-0.39, 0.29) is 60.6 Å². The number of rotatable bonds is 12. The number of fused-ring (bicyclic) bond motifs is 1. The average Bonchev–Trinajstić information content (AvgIpc) is 3.71. The number of aromatic amines is 1. The van der Waals surface area contributed by atoms with Crippen molar-refractivity contribution in [1.29, 1.82) is 0 Å². The third kappa shape index (κ3) is 8.87. The van der Waals surface area contributed by atoms with Crippen molar-refractivity contribution in [3.05, 3.63) is 95.3 Å². The number of amides is 3. The van der Waals surface area contributed by atoms with Crippen LogP contribution in [0.4, 0.5) is 30.5 Å². The molecule has 0 radical (unpaired) electrons. The first kappa shape index (κ1) is 44.2. The fourth-order valence-electron chi connectivity index (χ4n) is 8.24. The molecule has 64 heavy (non-hydrogen) atoms. The van der Waals surface area contributed by atoms with Crippen LogP contribution in [0.2, 0.25) is 0 Å². The number of ketones is 1. The fourth-order valence-corrected chi connectivity index (χ4v) is 9.17. The van der Waals surface area contributed by atoms with E-state index in [0.29, 0.717) is 74.0 Å². The van der Waals surface area contributed by atoms with Gasteiger partial charge in [0.05, 0.1) is 34.9 Å². The number of pyridine rings is 1. The van der Waals surface area contributed by atoms with Crippen LogP contribution in [-0.4, -0.2) is 125 Å². The van der Waals surface area contributed by atoms with Crippen LogP contribution in [0.3, 0.4) is 0 Å². The van der Waals surface area contributed by atoms with E-state index in [1.807, 2.05) is 9.80 Å². The molecule has 0 aliphatic carbocycles. The first-order chi connectivity index (χ1) is 30.5. The van der Waals surface area contributed by atoms with Crippen molar-refractivity contribution in [1.82, 2.24) is 34.5 Å². The number of carbonyl (C=O) groups is 4. The zero-order chi connectivity index (χ0) is 45.5. The van der Waals surface area contributed by atoms with Crippen LogP contribution >= 0.6 is 0 Å². The molecule has 2 aromatic carbocycles. The minimum absolute atomic E-state index is 0.0789. The first-order valence-electron chi connectivity index (χ1n) is 20.7. The number of benzene rings is 2. The Balaban J connectivity index is 0.862. The maximum atomic E-state index is 15.6. The Morgan fingerprint density at radius 1 is 0.922 bits per heavy atom. The van der Waals surface area contributed by atoms with Gasteiger partial charge < -0.3 is 24.8 Å². The molecule has 8 rings (SSSR count). The van der Waals surface area contributed by atoms with Gasteiger partial charge in [-0.25, -0.2) is 28.1 Å². The van der Waals surface area contributed by atoms with Gasteiger partial charge in [0, 0.05) is 106 Å². The van der Waals surface area contributed by atoms with Crippen molar-refractivity contribution in [2.45, 2.75) is 50.5 Å². The van der Waals surface area contributed by atoms with E-state index < -0.39 is 62.1 Å². The number of piperidine rings is 2. The molecule has 5 aromatic rings. The smallest absolute Gasteiger partial charge is 0.301 e. The summed E-state index contributed by atoms with van der Waals surface area (Å²) in [4.78, 5) is 72.5. The predicted molar refractivity (Wildman–Crippen MR) is 229 cm³/mol. The molecule has 1 atom stereocenters. The number of hydrogen-bond acceptors (Lipinski definition) is 12. The molecule has 0 spiro atoms. The molecule has 0 unspecified atom stereocenters. The summed E-state index contributed by atoms with van der Waals surface area (Å²) in [6.45, 7) is 3.91. The van der Waals surface area contributed by atoms with E-state index in [2.05, 4.69) is 30.0 Å². The molecular weight excluding hydrogens is 858 g/mol. The van der Waals surface area contributed by atoms with Gasteiger partial charge in [-0.15, -0.1) is 0 Å². The third-order valence-electron chi connectivity index (χ3n) is 12.2. The molecule has 3 amide bonds. The van der Waals surface area contributed by atoms with Gasteiger partial charge in [0.1, 0.15) is 17.3 Å². The Morgan fingerprint density at radius 3 is 2.30 bits per heavy atom. The van der Waals surface area contributed by atoms with E-state index >= 15 is 13.2 Å². The third-order valence-corrected chi connectivity index (χ3v) is 13.8. The Labute approximate surface area is 365 Å². The van der Waals surface area contributed by atoms with Crippen LogP contribution in [0.1, 0.15) is 66.4 Å². The largest absolute Gasteiger partial charge is 0.389 e. The molecule has 0 saturated carbocycles.